The van der Waals surface area contributed by atoms with Crippen molar-refractivity contribution in [2.45, 2.75) is 19.4 Å². The van der Waals surface area contributed by atoms with Crippen molar-refractivity contribution in [1.82, 2.24) is 0 Å². The van der Waals surface area contributed by atoms with E-state index in [1.807, 2.05) is 13.0 Å². The monoisotopic (exact) mass is 229 g/mol. The number of aliphatic hydroxyl groups is 1. The number of fused-ring (bicyclic) bond motifs is 1. The standard InChI is InChI=1S/C13H12N2O2/c1-8(2)12-6-10-4-3-9(5-13(10)17-12)11(16)7-15-14/h3-5,7,12H,1,6H2,2H3/p+1/b11-7-. The molecule has 0 saturated carbocycles. The molecule has 0 radical (unpaired) electrons. The number of benzene rings is 1. The van der Waals surface area contributed by atoms with Gasteiger partial charge in [-0.15, -0.1) is 0 Å². The minimum atomic E-state index is -0.0994. The van der Waals surface area contributed by atoms with E-state index in [1.54, 1.807) is 12.1 Å². The molecule has 1 N–H and O–H groups in total. The maximum absolute atomic E-state index is 9.56. The third-order valence-corrected chi connectivity index (χ3v) is 2.77. The summed E-state index contributed by atoms with van der Waals surface area (Å²) < 4.78 is 5.71. The zero-order valence-corrected chi connectivity index (χ0v) is 9.55. The van der Waals surface area contributed by atoms with Gasteiger partial charge in [-0.25, -0.2) is 0 Å². The van der Waals surface area contributed by atoms with Crippen LogP contribution >= 0.6 is 0 Å². The van der Waals surface area contributed by atoms with Gasteiger partial charge < -0.3 is 9.84 Å². The maximum atomic E-state index is 9.56. The molecule has 0 bridgehead atoms. The van der Waals surface area contributed by atoms with Crippen molar-refractivity contribution in [3.8, 4) is 5.75 Å². The first-order valence-corrected chi connectivity index (χ1v) is 5.30. The molecule has 0 amide bonds. The number of aliphatic hydroxyl groups excluding tert-OH is 1. The van der Waals surface area contributed by atoms with Crippen LogP contribution < -0.4 is 4.74 Å². The lowest BCUT2D eigenvalue weighted by Gasteiger charge is -2.09. The predicted molar refractivity (Wildman–Crippen MR) is 65.1 cm³/mol. The fraction of sp³-hybridized carbons (Fsp3) is 0.231. The van der Waals surface area contributed by atoms with Crippen LogP contribution in [0.1, 0.15) is 18.1 Å². The molecule has 4 nitrogen and oxygen atoms in total. The second-order valence-electron chi connectivity index (χ2n) is 4.11. The van der Waals surface area contributed by atoms with Crippen LogP contribution in [-0.4, -0.2) is 11.2 Å². The molecular weight excluding hydrogens is 216 g/mol. The van der Waals surface area contributed by atoms with E-state index in [2.05, 4.69) is 11.6 Å². The van der Waals surface area contributed by atoms with Gasteiger partial charge in [0.25, 0.3) is 0 Å². The molecule has 1 aromatic carbocycles. The Hall–Kier alpha value is -2.28. The second-order valence-corrected chi connectivity index (χ2v) is 4.11. The summed E-state index contributed by atoms with van der Waals surface area (Å²) in [6.45, 7) is 5.80. The number of nitrogens with zero attached hydrogens (tertiary/aromatic N) is 2. The van der Waals surface area contributed by atoms with Gasteiger partial charge in [-0.2, -0.15) is 0 Å². The average Bonchev–Trinajstić information content (AvgIpc) is 2.71. The van der Waals surface area contributed by atoms with E-state index in [4.69, 9.17) is 10.1 Å². The molecule has 1 aliphatic rings. The highest BCUT2D eigenvalue weighted by atomic mass is 16.5. The summed E-state index contributed by atoms with van der Waals surface area (Å²) in [4.78, 5) is 2.78. The molecule has 1 unspecified atom stereocenters. The summed E-state index contributed by atoms with van der Waals surface area (Å²) in [7, 11) is 0. The SMILES string of the molecule is C=C(C)C1Cc2ccc(/C(O)=C/[N+]#N)cc2O1. The van der Waals surface area contributed by atoms with Crippen LogP contribution in [-0.2, 0) is 6.42 Å². The average molecular weight is 229 g/mol. The minimum Gasteiger partial charge on any atom is -0.501 e. The predicted octanol–water partition coefficient (Wildman–Crippen LogP) is 3.28. The highest BCUT2D eigenvalue weighted by molar-refractivity contribution is 5.62. The molecule has 1 aromatic rings. The smallest absolute Gasteiger partial charge is 0.392 e. The van der Waals surface area contributed by atoms with Gasteiger partial charge in [0.2, 0.25) is 11.2 Å². The van der Waals surface area contributed by atoms with Gasteiger partial charge in [-0.3, -0.25) is 0 Å². The third-order valence-electron chi connectivity index (χ3n) is 2.77. The first-order valence-electron chi connectivity index (χ1n) is 5.30. The molecule has 17 heavy (non-hydrogen) atoms. The summed E-state index contributed by atoms with van der Waals surface area (Å²) in [6.07, 6.45) is 1.79. The third kappa shape index (κ3) is 2.13. The fourth-order valence-electron chi connectivity index (χ4n) is 1.79. The zero-order chi connectivity index (χ0) is 12.4. The van der Waals surface area contributed by atoms with Gasteiger partial charge in [0.1, 0.15) is 11.9 Å². The molecule has 1 heterocycles. The largest absolute Gasteiger partial charge is 0.501 e. The number of rotatable bonds is 2. The first kappa shape index (κ1) is 11.2. The van der Waals surface area contributed by atoms with Crippen LogP contribution in [0.25, 0.3) is 10.7 Å². The minimum absolute atomic E-state index is 0.00824. The molecule has 2 rings (SSSR count). The number of ether oxygens (including phenoxy) is 1. The van der Waals surface area contributed by atoms with Crippen molar-refractivity contribution in [2.24, 2.45) is 0 Å². The maximum Gasteiger partial charge on any atom is 0.392 e. The Bertz CT molecular complexity index is 541. The van der Waals surface area contributed by atoms with E-state index in [9.17, 15) is 5.11 Å². The van der Waals surface area contributed by atoms with Gasteiger partial charge >= 0.3 is 6.20 Å². The van der Waals surface area contributed by atoms with Crippen molar-refractivity contribution in [3.63, 3.8) is 0 Å². The summed E-state index contributed by atoms with van der Waals surface area (Å²) >= 11 is 0. The van der Waals surface area contributed by atoms with Crippen molar-refractivity contribution >= 4 is 5.76 Å². The Kier molecular flexibility index (Phi) is 2.84. The Balaban J connectivity index is 2.31. The van der Waals surface area contributed by atoms with Gasteiger partial charge in [0.05, 0.1) is 0 Å². The highest BCUT2D eigenvalue weighted by Gasteiger charge is 2.24. The van der Waals surface area contributed by atoms with Crippen LogP contribution in [0.4, 0.5) is 0 Å². The van der Waals surface area contributed by atoms with E-state index in [0.717, 1.165) is 29.5 Å². The van der Waals surface area contributed by atoms with Crippen molar-refractivity contribution in [2.75, 3.05) is 0 Å². The Morgan fingerprint density at radius 3 is 3.06 bits per heavy atom. The van der Waals surface area contributed by atoms with Crippen molar-refractivity contribution in [3.05, 3.63) is 52.7 Å². The van der Waals surface area contributed by atoms with Crippen LogP contribution in [0.15, 0.2) is 36.6 Å². The molecule has 0 aliphatic carbocycles. The van der Waals surface area contributed by atoms with Gasteiger partial charge in [-0.1, -0.05) is 18.7 Å². The molecule has 0 fully saturated rings. The van der Waals surface area contributed by atoms with E-state index < -0.39 is 0 Å². The summed E-state index contributed by atoms with van der Waals surface area (Å²) in [5, 5.41) is 17.9. The van der Waals surface area contributed by atoms with Crippen LogP contribution in [0, 0.1) is 5.39 Å². The second kappa shape index (κ2) is 4.30. The van der Waals surface area contributed by atoms with Gasteiger partial charge in [0, 0.05) is 12.0 Å². The van der Waals surface area contributed by atoms with E-state index in [-0.39, 0.29) is 11.9 Å². The van der Waals surface area contributed by atoms with E-state index in [1.165, 1.54) is 0 Å². The van der Waals surface area contributed by atoms with E-state index >= 15 is 0 Å². The lowest BCUT2D eigenvalue weighted by Crippen LogP contribution is -2.13. The molecule has 1 aliphatic heterocycles. The number of hydrogen-bond acceptors (Lipinski definition) is 3. The molecular formula is C13H13N2O2+. The summed E-state index contributed by atoms with van der Waals surface area (Å²) in [5.74, 6) is 0.645. The number of diazo groups is 1. The molecule has 0 aromatic heterocycles. The highest BCUT2D eigenvalue weighted by Crippen LogP contribution is 2.33. The Labute approximate surface area is 99.5 Å². The Morgan fingerprint density at radius 1 is 1.65 bits per heavy atom. The van der Waals surface area contributed by atoms with Gasteiger partial charge in [0.15, 0.2) is 4.98 Å². The Morgan fingerprint density at radius 2 is 2.41 bits per heavy atom. The quantitative estimate of drug-likeness (QED) is 0.481. The molecule has 86 valence electrons. The summed E-state index contributed by atoms with van der Waals surface area (Å²) in [5.41, 5.74) is 2.63. The number of hydrogen-bond donors (Lipinski definition) is 1. The first-order chi connectivity index (χ1) is 8.11. The van der Waals surface area contributed by atoms with Crippen LogP contribution in [0.5, 0.6) is 5.75 Å². The molecule has 0 saturated heterocycles. The zero-order valence-electron chi connectivity index (χ0n) is 9.55. The van der Waals surface area contributed by atoms with Crippen LogP contribution in [0.3, 0.4) is 0 Å². The van der Waals surface area contributed by atoms with Crippen molar-refractivity contribution in [1.29, 1.82) is 5.39 Å². The summed E-state index contributed by atoms with van der Waals surface area (Å²) in [6, 6.07) is 5.39. The normalized spacial score (nSPS) is 18.1. The van der Waals surface area contributed by atoms with Crippen molar-refractivity contribution < 1.29 is 9.84 Å². The fourth-order valence-corrected chi connectivity index (χ4v) is 1.79. The van der Waals surface area contributed by atoms with Crippen LogP contribution in [0.2, 0.25) is 0 Å². The topological polar surface area (TPSA) is 57.6 Å². The van der Waals surface area contributed by atoms with E-state index in [0.29, 0.717) is 5.56 Å². The lowest BCUT2D eigenvalue weighted by molar-refractivity contribution is 0.271. The molecule has 1 atom stereocenters. The van der Waals surface area contributed by atoms with Gasteiger partial charge in [-0.05, 0) is 24.1 Å². The molecule has 4 heteroatoms. The lowest BCUT2D eigenvalue weighted by atomic mass is 10.0. The molecule has 0 spiro atoms.